The van der Waals surface area contributed by atoms with E-state index in [0.717, 1.165) is 17.7 Å². The molecule has 0 saturated heterocycles. The summed E-state index contributed by atoms with van der Waals surface area (Å²) in [7, 11) is 0. The van der Waals surface area contributed by atoms with E-state index >= 15 is 0 Å². The lowest BCUT2D eigenvalue weighted by atomic mass is 10.1. The number of alkyl halides is 3. The molecule has 1 heterocycles. The van der Waals surface area contributed by atoms with E-state index in [-0.39, 0.29) is 29.6 Å². The van der Waals surface area contributed by atoms with Crippen LogP contribution in [0.4, 0.5) is 17.6 Å². The number of carbonyl (C=O) groups excluding carboxylic acids is 1. The molecule has 0 saturated carbocycles. The number of aryl methyl sites for hydroxylation is 1. The van der Waals surface area contributed by atoms with Crippen LogP contribution in [-0.2, 0) is 19.3 Å². The smallest absolute Gasteiger partial charge is 0.348 e. The van der Waals surface area contributed by atoms with Gasteiger partial charge in [0, 0.05) is 6.54 Å². The highest BCUT2D eigenvalue weighted by Crippen LogP contribution is 2.29. The topological polar surface area (TPSA) is 46.9 Å². The third-order valence-electron chi connectivity index (χ3n) is 4.27. The molecule has 4 nitrogen and oxygen atoms in total. The highest BCUT2D eigenvalue weighted by Gasteiger charge is 2.30. The largest absolute Gasteiger partial charge is 0.416 e. The minimum Gasteiger partial charge on any atom is -0.348 e. The zero-order valence-electron chi connectivity index (χ0n) is 15.2. The van der Waals surface area contributed by atoms with Crippen molar-refractivity contribution in [2.75, 3.05) is 0 Å². The molecule has 0 fully saturated rings. The molecule has 2 aromatic carbocycles. The van der Waals surface area contributed by atoms with Gasteiger partial charge in [-0.25, -0.2) is 9.07 Å². The van der Waals surface area contributed by atoms with Crippen LogP contribution in [0.5, 0.6) is 0 Å². The Hall–Kier alpha value is -2.87. The third-order valence-corrected chi connectivity index (χ3v) is 4.66. The molecule has 0 aliphatic rings. The Morgan fingerprint density at radius 1 is 1.07 bits per heavy atom. The molecule has 1 N–H and O–H groups in total. The van der Waals surface area contributed by atoms with Crippen molar-refractivity contribution in [3.63, 3.8) is 0 Å². The van der Waals surface area contributed by atoms with Crippen LogP contribution >= 0.6 is 11.6 Å². The normalized spacial score (nSPS) is 11.5. The van der Waals surface area contributed by atoms with E-state index in [4.69, 9.17) is 11.6 Å². The fourth-order valence-electron chi connectivity index (χ4n) is 2.76. The Morgan fingerprint density at radius 3 is 2.24 bits per heavy atom. The summed E-state index contributed by atoms with van der Waals surface area (Å²) < 4.78 is 52.3. The minimum atomic E-state index is -4.41. The molecule has 0 radical (unpaired) electrons. The molecule has 0 spiro atoms. The minimum absolute atomic E-state index is 0.0376. The van der Waals surface area contributed by atoms with Crippen molar-refractivity contribution in [1.82, 2.24) is 15.1 Å². The highest BCUT2D eigenvalue weighted by molar-refractivity contribution is 6.33. The van der Waals surface area contributed by atoms with Crippen molar-refractivity contribution in [2.45, 2.75) is 26.2 Å². The maximum absolute atomic E-state index is 13.0. The fraction of sp³-hybridized carbons (Fsp3) is 0.200. The lowest BCUT2D eigenvalue weighted by molar-refractivity contribution is -0.137. The van der Waals surface area contributed by atoms with E-state index in [1.165, 1.54) is 28.9 Å². The standard InChI is InChI=1S/C20H16ClF4N3O/c1-12-17(18(21)28(27-12)11-14-4-8-16(22)9-5-14)19(29)26-10-13-2-6-15(7-3-13)20(23,24)25/h2-9H,10-11H2,1H3,(H,26,29). The second-order valence-corrected chi connectivity index (χ2v) is 6.77. The predicted octanol–water partition coefficient (Wildman–Crippen LogP) is 4.98. The summed E-state index contributed by atoms with van der Waals surface area (Å²) in [5.74, 6) is -0.849. The zero-order valence-corrected chi connectivity index (χ0v) is 16.0. The highest BCUT2D eigenvalue weighted by atomic mass is 35.5. The number of nitrogens with zero attached hydrogens (tertiary/aromatic N) is 2. The number of nitrogens with one attached hydrogen (secondary N) is 1. The first-order valence-corrected chi connectivity index (χ1v) is 8.94. The van der Waals surface area contributed by atoms with E-state index in [0.29, 0.717) is 11.3 Å². The van der Waals surface area contributed by atoms with E-state index in [2.05, 4.69) is 10.4 Å². The first-order valence-electron chi connectivity index (χ1n) is 8.57. The first-order chi connectivity index (χ1) is 13.6. The molecule has 0 bridgehead atoms. The van der Waals surface area contributed by atoms with Crippen molar-refractivity contribution in [1.29, 1.82) is 0 Å². The molecular formula is C20H16ClF4N3O. The molecule has 1 aromatic heterocycles. The van der Waals surface area contributed by atoms with Crippen LogP contribution in [0.25, 0.3) is 0 Å². The molecule has 3 rings (SSSR count). The second-order valence-electron chi connectivity index (χ2n) is 6.41. The lowest BCUT2D eigenvalue weighted by Crippen LogP contribution is -2.23. The van der Waals surface area contributed by atoms with Crippen LogP contribution in [0.1, 0.15) is 32.7 Å². The van der Waals surface area contributed by atoms with Gasteiger partial charge in [-0.1, -0.05) is 35.9 Å². The molecule has 3 aromatic rings. The van der Waals surface area contributed by atoms with Crippen molar-refractivity contribution in [3.05, 3.63) is 87.4 Å². The number of hydrogen-bond donors (Lipinski definition) is 1. The van der Waals surface area contributed by atoms with Gasteiger partial charge in [-0.3, -0.25) is 4.79 Å². The van der Waals surface area contributed by atoms with Crippen molar-refractivity contribution >= 4 is 17.5 Å². The Morgan fingerprint density at radius 2 is 1.66 bits per heavy atom. The Bertz CT molecular complexity index is 1010. The molecule has 0 atom stereocenters. The van der Waals surface area contributed by atoms with Gasteiger partial charge in [0.15, 0.2) is 0 Å². The number of halogens is 5. The van der Waals surface area contributed by atoms with Crippen LogP contribution in [-0.4, -0.2) is 15.7 Å². The van der Waals surface area contributed by atoms with Crippen molar-refractivity contribution in [3.8, 4) is 0 Å². The quantitative estimate of drug-likeness (QED) is 0.586. The van der Waals surface area contributed by atoms with Gasteiger partial charge in [0.1, 0.15) is 11.0 Å². The molecule has 0 unspecified atom stereocenters. The van der Waals surface area contributed by atoms with Crippen LogP contribution in [0.2, 0.25) is 5.15 Å². The van der Waals surface area contributed by atoms with E-state index in [1.54, 1.807) is 19.1 Å². The van der Waals surface area contributed by atoms with Crippen LogP contribution in [0, 0.1) is 12.7 Å². The summed E-state index contributed by atoms with van der Waals surface area (Å²) in [6, 6.07) is 10.3. The molecule has 0 aliphatic heterocycles. The summed E-state index contributed by atoms with van der Waals surface area (Å²) in [5.41, 5.74) is 1.10. The lowest BCUT2D eigenvalue weighted by Gasteiger charge is -2.09. The number of hydrogen-bond acceptors (Lipinski definition) is 2. The summed E-state index contributed by atoms with van der Waals surface area (Å²) in [5, 5.41) is 7.00. The molecule has 0 aliphatic carbocycles. The Labute approximate surface area is 169 Å². The maximum Gasteiger partial charge on any atom is 0.416 e. The Balaban J connectivity index is 1.69. The zero-order chi connectivity index (χ0) is 21.2. The maximum atomic E-state index is 13.0. The van der Waals surface area contributed by atoms with E-state index in [1.807, 2.05) is 0 Å². The number of rotatable bonds is 5. The Kier molecular flexibility index (Phi) is 5.93. The number of aromatic nitrogens is 2. The molecule has 1 amide bonds. The summed E-state index contributed by atoms with van der Waals surface area (Å²) in [6.45, 7) is 1.92. The van der Waals surface area contributed by atoms with Crippen LogP contribution < -0.4 is 5.32 Å². The van der Waals surface area contributed by atoms with E-state index in [9.17, 15) is 22.4 Å². The number of benzene rings is 2. The summed E-state index contributed by atoms with van der Waals surface area (Å²) >= 11 is 6.30. The number of carbonyl (C=O) groups is 1. The molecule has 9 heteroatoms. The monoisotopic (exact) mass is 425 g/mol. The van der Waals surface area contributed by atoms with Crippen molar-refractivity contribution < 1.29 is 22.4 Å². The summed E-state index contributed by atoms with van der Waals surface area (Å²) in [4.78, 5) is 12.5. The van der Waals surface area contributed by atoms with E-state index < -0.39 is 17.6 Å². The van der Waals surface area contributed by atoms with Gasteiger partial charge in [0.25, 0.3) is 5.91 Å². The average molecular weight is 426 g/mol. The SMILES string of the molecule is Cc1nn(Cc2ccc(F)cc2)c(Cl)c1C(=O)NCc1ccc(C(F)(F)F)cc1. The fourth-order valence-corrected chi connectivity index (χ4v) is 3.08. The van der Waals surface area contributed by atoms with Gasteiger partial charge in [-0.15, -0.1) is 0 Å². The van der Waals surface area contributed by atoms with Gasteiger partial charge in [-0.2, -0.15) is 18.3 Å². The second kappa shape index (κ2) is 8.24. The van der Waals surface area contributed by atoms with Crippen molar-refractivity contribution in [2.24, 2.45) is 0 Å². The van der Waals surface area contributed by atoms with Gasteiger partial charge in [0.2, 0.25) is 0 Å². The van der Waals surface area contributed by atoms with Crippen LogP contribution in [0.3, 0.4) is 0 Å². The van der Waals surface area contributed by atoms with Gasteiger partial charge < -0.3 is 5.32 Å². The van der Waals surface area contributed by atoms with Gasteiger partial charge in [0.05, 0.1) is 23.4 Å². The predicted molar refractivity (Wildman–Crippen MR) is 100 cm³/mol. The first kappa shape index (κ1) is 20.9. The summed E-state index contributed by atoms with van der Waals surface area (Å²) in [6.07, 6.45) is -4.41. The molecular weight excluding hydrogens is 410 g/mol. The molecule has 29 heavy (non-hydrogen) atoms. The third kappa shape index (κ3) is 4.95. The molecule has 152 valence electrons. The average Bonchev–Trinajstić information content (AvgIpc) is 2.94. The van der Waals surface area contributed by atoms with Gasteiger partial charge >= 0.3 is 6.18 Å². The number of amides is 1. The van der Waals surface area contributed by atoms with Crippen LogP contribution in [0.15, 0.2) is 48.5 Å². The van der Waals surface area contributed by atoms with Gasteiger partial charge in [-0.05, 0) is 42.3 Å².